The van der Waals surface area contributed by atoms with Gasteiger partial charge in [-0.1, -0.05) is 36.0 Å². The van der Waals surface area contributed by atoms with Crippen LogP contribution in [0.5, 0.6) is 5.75 Å². The van der Waals surface area contributed by atoms with Crippen LogP contribution >= 0.6 is 11.8 Å². The fraction of sp³-hybridized carbons (Fsp3) is 0.0909. The number of hydrogen-bond acceptors (Lipinski definition) is 4. The van der Waals surface area contributed by atoms with Crippen molar-refractivity contribution in [3.63, 3.8) is 0 Å². The number of hydrogen-bond donors (Lipinski definition) is 2. The lowest BCUT2D eigenvalue weighted by Crippen LogP contribution is -2.26. The molecule has 0 radical (unpaired) electrons. The van der Waals surface area contributed by atoms with Crippen LogP contribution in [0.1, 0.15) is 10.4 Å². The number of nitrogens with zero attached hydrogens (tertiary/aromatic N) is 1. The molecule has 0 bridgehead atoms. The van der Waals surface area contributed by atoms with Crippen LogP contribution in [0.15, 0.2) is 76.5 Å². The van der Waals surface area contributed by atoms with E-state index in [2.05, 4.69) is 10.6 Å². The molecule has 3 aromatic rings. The smallest absolute Gasteiger partial charge is 0.323 e. The number of para-hydroxylation sites is 2. The van der Waals surface area contributed by atoms with E-state index in [0.717, 1.165) is 15.5 Å². The number of nitrogens with one attached hydrogen (secondary N) is 2. The van der Waals surface area contributed by atoms with Gasteiger partial charge in [-0.2, -0.15) is 0 Å². The quantitative estimate of drug-likeness (QED) is 0.637. The van der Waals surface area contributed by atoms with Crippen molar-refractivity contribution in [1.29, 1.82) is 0 Å². The number of carbonyl (C=O) groups excluding carboxylic acids is 2. The van der Waals surface area contributed by atoms with Gasteiger partial charge in [-0.3, -0.25) is 4.79 Å². The largest absolute Gasteiger partial charge is 0.495 e. The number of anilines is 3. The van der Waals surface area contributed by atoms with Crippen LogP contribution in [-0.4, -0.2) is 26.1 Å². The normalized spacial score (nSPS) is 12.5. The average Bonchev–Trinajstić information content (AvgIpc) is 2.84. The molecule has 6 nitrogen and oxygen atoms in total. The summed E-state index contributed by atoms with van der Waals surface area (Å²) in [7, 11) is 3.29. The first-order valence-electron chi connectivity index (χ1n) is 8.97. The molecule has 1 aliphatic rings. The minimum Gasteiger partial charge on any atom is -0.495 e. The highest BCUT2D eigenvalue weighted by atomic mass is 32.2. The Morgan fingerprint density at radius 3 is 2.55 bits per heavy atom. The summed E-state index contributed by atoms with van der Waals surface area (Å²) >= 11 is 1.54. The number of rotatable bonds is 3. The van der Waals surface area contributed by atoms with E-state index in [9.17, 15) is 9.59 Å². The highest BCUT2D eigenvalue weighted by molar-refractivity contribution is 7.99. The van der Waals surface area contributed by atoms with Gasteiger partial charge in [0.2, 0.25) is 0 Å². The van der Waals surface area contributed by atoms with Crippen molar-refractivity contribution in [3.8, 4) is 5.75 Å². The number of ether oxygens (including phenoxy) is 1. The van der Waals surface area contributed by atoms with Gasteiger partial charge in [0.1, 0.15) is 5.75 Å². The summed E-state index contributed by atoms with van der Waals surface area (Å²) in [5.74, 6) is 0.492. The first-order chi connectivity index (χ1) is 14.1. The molecule has 0 spiro atoms. The molecule has 29 heavy (non-hydrogen) atoms. The minimum atomic E-state index is -0.395. The van der Waals surface area contributed by atoms with Gasteiger partial charge >= 0.3 is 6.03 Å². The van der Waals surface area contributed by atoms with E-state index < -0.39 is 6.03 Å². The summed E-state index contributed by atoms with van der Waals surface area (Å²) in [4.78, 5) is 28.8. The predicted molar refractivity (Wildman–Crippen MR) is 115 cm³/mol. The van der Waals surface area contributed by atoms with E-state index in [4.69, 9.17) is 4.74 Å². The van der Waals surface area contributed by atoms with Gasteiger partial charge in [0.05, 0.1) is 24.0 Å². The third-order valence-corrected chi connectivity index (χ3v) is 5.72. The van der Waals surface area contributed by atoms with Crippen LogP contribution in [0.3, 0.4) is 0 Å². The number of fused-ring (bicyclic) bond motifs is 2. The molecule has 1 heterocycles. The molecule has 0 saturated heterocycles. The molecule has 0 unspecified atom stereocenters. The highest BCUT2D eigenvalue weighted by Crippen LogP contribution is 2.41. The lowest BCUT2D eigenvalue weighted by atomic mass is 10.2. The van der Waals surface area contributed by atoms with Gasteiger partial charge in [-0.05, 0) is 42.5 Å². The van der Waals surface area contributed by atoms with Gasteiger partial charge in [-0.15, -0.1) is 0 Å². The topological polar surface area (TPSA) is 70.7 Å². The molecule has 0 saturated carbocycles. The Hall–Kier alpha value is -3.45. The molecule has 146 valence electrons. The molecule has 0 atom stereocenters. The maximum absolute atomic E-state index is 12.8. The minimum absolute atomic E-state index is 0.0810. The maximum atomic E-state index is 12.8. The van der Waals surface area contributed by atoms with Gasteiger partial charge < -0.3 is 20.3 Å². The third kappa shape index (κ3) is 3.77. The molecule has 1 aliphatic heterocycles. The van der Waals surface area contributed by atoms with E-state index >= 15 is 0 Å². The number of carbonyl (C=O) groups is 2. The second-order valence-electron chi connectivity index (χ2n) is 6.42. The molecule has 3 aromatic carbocycles. The lowest BCUT2D eigenvalue weighted by Gasteiger charge is -2.18. The lowest BCUT2D eigenvalue weighted by molar-refractivity contribution is 0.0990. The van der Waals surface area contributed by atoms with Gasteiger partial charge in [0.15, 0.2) is 0 Å². The van der Waals surface area contributed by atoms with E-state index in [1.165, 1.54) is 11.8 Å². The Labute approximate surface area is 172 Å². The summed E-state index contributed by atoms with van der Waals surface area (Å²) in [5.41, 5.74) is 2.56. The number of methoxy groups -OCH3 is 1. The van der Waals surface area contributed by atoms with Gasteiger partial charge in [0, 0.05) is 22.5 Å². The molecular weight excluding hydrogens is 386 g/mol. The number of benzene rings is 3. The summed E-state index contributed by atoms with van der Waals surface area (Å²) in [6.07, 6.45) is 0. The Morgan fingerprint density at radius 2 is 1.72 bits per heavy atom. The Kier molecular flexibility index (Phi) is 5.14. The third-order valence-electron chi connectivity index (χ3n) is 4.58. The molecule has 0 aliphatic carbocycles. The molecule has 3 amide bonds. The number of amides is 3. The average molecular weight is 405 g/mol. The van der Waals surface area contributed by atoms with Crippen LogP contribution in [0, 0.1) is 0 Å². The van der Waals surface area contributed by atoms with Crippen molar-refractivity contribution in [3.05, 3.63) is 72.3 Å². The molecule has 2 N–H and O–H groups in total. The van der Waals surface area contributed by atoms with Crippen molar-refractivity contribution in [2.24, 2.45) is 0 Å². The fourth-order valence-corrected chi connectivity index (χ4v) is 4.20. The summed E-state index contributed by atoms with van der Waals surface area (Å²) in [5, 5.41) is 5.59. The summed E-state index contributed by atoms with van der Waals surface area (Å²) in [6, 6.07) is 19.8. The van der Waals surface area contributed by atoms with E-state index in [0.29, 0.717) is 22.7 Å². The van der Waals surface area contributed by atoms with Crippen molar-refractivity contribution in [2.75, 3.05) is 29.7 Å². The highest BCUT2D eigenvalue weighted by Gasteiger charge is 2.24. The monoisotopic (exact) mass is 405 g/mol. The molecule has 7 heteroatoms. The number of urea groups is 1. The zero-order chi connectivity index (χ0) is 20.4. The van der Waals surface area contributed by atoms with Crippen LogP contribution in [-0.2, 0) is 0 Å². The Balaban J connectivity index is 1.57. The standard InChI is InChI=1S/C22H19N3O3S/c1-25-17-13-14(23-22(27)24-16-8-4-5-9-18(16)28-2)11-12-20(17)29-19-10-6-3-7-15(19)21(25)26/h3-13H,1-2H3,(H2,23,24,27). The van der Waals surface area contributed by atoms with E-state index in [-0.39, 0.29) is 5.91 Å². The molecular formula is C22H19N3O3S. The van der Waals surface area contributed by atoms with E-state index in [1.54, 1.807) is 37.3 Å². The van der Waals surface area contributed by atoms with Crippen molar-refractivity contribution in [1.82, 2.24) is 0 Å². The van der Waals surface area contributed by atoms with Crippen molar-refractivity contribution < 1.29 is 14.3 Å². The second kappa shape index (κ2) is 7.89. The fourth-order valence-electron chi connectivity index (χ4n) is 3.12. The second-order valence-corrected chi connectivity index (χ2v) is 7.51. The van der Waals surface area contributed by atoms with Crippen molar-refractivity contribution in [2.45, 2.75) is 9.79 Å². The zero-order valence-electron chi connectivity index (χ0n) is 15.9. The van der Waals surface area contributed by atoms with Crippen LogP contribution < -0.4 is 20.3 Å². The zero-order valence-corrected chi connectivity index (χ0v) is 16.7. The predicted octanol–water partition coefficient (Wildman–Crippen LogP) is 5.08. The summed E-state index contributed by atoms with van der Waals surface area (Å²) < 4.78 is 5.25. The Morgan fingerprint density at radius 1 is 0.966 bits per heavy atom. The first kappa shape index (κ1) is 18.9. The summed E-state index contributed by atoms with van der Waals surface area (Å²) in [6.45, 7) is 0. The van der Waals surface area contributed by atoms with E-state index in [1.807, 2.05) is 48.5 Å². The van der Waals surface area contributed by atoms with Crippen LogP contribution in [0.2, 0.25) is 0 Å². The SMILES string of the molecule is COc1ccccc1NC(=O)Nc1ccc2c(c1)N(C)C(=O)c1ccccc1S2. The molecule has 0 fully saturated rings. The molecule has 4 rings (SSSR count). The Bertz CT molecular complexity index is 1100. The maximum Gasteiger partial charge on any atom is 0.323 e. The van der Waals surface area contributed by atoms with Gasteiger partial charge in [-0.25, -0.2) is 4.79 Å². The molecule has 0 aromatic heterocycles. The first-order valence-corrected chi connectivity index (χ1v) is 9.78. The van der Waals surface area contributed by atoms with Crippen LogP contribution in [0.4, 0.5) is 21.9 Å². The van der Waals surface area contributed by atoms with Gasteiger partial charge in [0.25, 0.3) is 5.91 Å². The van der Waals surface area contributed by atoms with Crippen molar-refractivity contribution >= 4 is 40.8 Å². The van der Waals surface area contributed by atoms with Crippen LogP contribution in [0.25, 0.3) is 0 Å².